The van der Waals surface area contributed by atoms with Gasteiger partial charge in [0.2, 0.25) is 0 Å². The fraction of sp³-hybridized carbons (Fsp3) is 0.222. The van der Waals surface area contributed by atoms with Crippen LogP contribution in [0.2, 0.25) is 5.02 Å². The maximum absolute atomic E-state index is 12.2. The molecule has 2 aromatic carbocycles. The van der Waals surface area contributed by atoms with E-state index in [2.05, 4.69) is 4.99 Å². The van der Waals surface area contributed by atoms with Crippen LogP contribution in [-0.4, -0.2) is 18.8 Å². The van der Waals surface area contributed by atoms with Crippen LogP contribution in [0.4, 0.5) is 5.69 Å². The Morgan fingerprint density at radius 3 is 2.41 bits per heavy atom. The first kappa shape index (κ1) is 16.2. The van der Waals surface area contributed by atoms with E-state index in [9.17, 15) is 4.79 Å². The summed E-state index contributed by atoms with van der Waals surface area (Å²) in [5.41, 5.74) is 2.77. The predicted octanol–water partition coefficient (Wildman–Crippen LogP) is 4.70. The molecule has 2 rings (SSSR count). The van der Waals surface area contributed by atoms with Gasteiger partial charge in [-0.2, -0.15) is 0 Å². The molecule has 4 heteroatoms. The maximum atomic E-state index is 12.2. The van der Waals surface area contributed by atoms with E-state index in [0.29, 0.717) is 11.6 Å². The van der Waals surface area contributed by atoms with Crippen LogP contribution >= 0.6 is 11.6 Å². The monoisotopic (exact) mass is 315 g/mol. The highest BCUT2D eigenvalue weighted by molar-refractivity contribution is 6.30. The molecule has 0 saturated heterocycles. The van der Waals surface area contributed by atoms with Crippen LogP contribution in [0.5, 0.6) is 0 Å². The topological polar surface area (TPSA) is 38.7 Å². The van der Waals surface area contributed by atoms with Gasteiger partial charge in [-0.25, -0.2) is 0 Å². The standard InChI is InChI=1S/C18H18ClNO2/c1-3-22-18(21)17(14-6-8-15(19)9-7-14)12-20-16-10-4-13(2)5-11-16/h4-12,17H,3H2,1-2H3. The summed E-state index contributed by atoms with van der Waals surface area (Å²) in [7, 11) is 0. The second-order valence-corrected chi connectivity index (χ2v) is 5.33. The molecule has 0 aromatic heterocycles. The molecule has 0 saturated carbocycles. The molecule has 1 atom stereocenters. The zero-order chi connectivity index (χ0) is 15.9. The Labute approximate surface area is 135 Å². The number of aliphatic imine (C=N–C) groups is 1. The number of rotatable bonds is 5. The van der Waals surface area contributed by atoms with E-state index in [1.165, 1.54) is 5.56 Å². The highest BCUT2D eigenvalue weighted by Crippen LogP contribution is 2.20. The molecule has 3 nitrogen and oxygen atoms in total. The molecule has 0 amide bonds. The zero-order valence-electron chi connectivity index (χ0n) is 12.6. The van der Waals surface area contributed by atoms with E-state index in [-0.39, 0.29) is 5.97 Å². The Hall–Kier alpha value is -2.13. The molecule has 0 aliphatic carbocycles. The Morgan fingerprint density at radius 2 is 1.82 bits per heavy atom. The van der Waals surface area contributed by atoms with Crippen molar-refractivity contribution in [2.75, 3.05) is 6.61 Å². The van der Waals surface area contributed by atoms with Crippen molar-refractivity contribution in [3.63, 3.8) is 0 Å². The molecule has 0 radical (unpaired) electrons. The summed E-state index contributed by atoms with van der Waals surface area (Å²) in [6, 6.07) is 14.9. The van der Waals surface area contributed by atoms with Crippen LogP contribution < -0.4 is 0 Å². The molecule has 0 N–H and O–H groups in total. The van der Waals surface area contributed by atoms with Gasteiger partial charge in [-0.1, -0.05) is 41.4 Å². The van der Waals surface area contributed by atoms with E-state index >= 15 is 0 Å². The van der Waals surface area contributed by atoms with Gasteiger partial charge in [0.1, 0.15) is 5.92 Å². The first-order valence-corrected chi connectivity index (χ1v) is 7.51. The highest BCUT2D eigenvalue weighted by Gasteiger charge is 2.19. The number of halogens is 1. The lowest BCUT2D eigenvalue weighted by molar-refractivity contribution is -0.143. The Kier molecular flexibility index (Phi) is 5.73. The van der Waals surface area contributed by atoms with E-state index in [1.807, 2.05) is 43.3 Å². The summed E-state index contributed by atoms with van der Waals surface area (Å²) in [6.45, 7) is 4.14. The van der Waals surface area contributed by atoms with Crippen LogP contribution in [0.3, 0.4) is 0 Å². The summed E-state index contributed by atoms with van der Waals surface area (Å²) in [6.07, 6.45) is 1.62. The van der Waals surface area contributed by atoms with Crippen molar-refractivity contribution in [2.45, 2.75) is 19.8 Å². The number of benzene rings is 2. The zero-order valence-corrected chi connectivity index (χ0v) is 13.4. The van der Waals surface area contributed by atoms with Crippen molar-refractivity contribution >= 4 is 29.5 Å². The average Bonchev–Trinajstić information content (AvgIpc) is 2.51. The van der Waals surface area contributed by atoms with Gasteiger partial charge < -0.3 is 4.74 Å². The van der Waals surface area contributed by atoms with Crippen molar-refractivity contribution in [2.24, 2.45) is 4.99 Å². The van der Waals surface area contributed by atoms with Crippen molar-refractivity contribution in [1.82, 2.24) is 0 Å². The summed E-state index contributed by atoms with van der Waals surface area (Å²) < 4.78 is 5.13. The molecule has 2 aromatic rings. The molecule has 0 aliphatic rings. The molecule has 0 heterocycles. The normalized spacial score (nSPS) is 12.3. The Morgan fingerprint density at radius 1 is 1.18 bits per heavy atom. The van der Waals surface area contributed by atoms with Crippen molar-refractivity contribution in [3.8, 4) is 0 Å². The number of nitrogens with zero attached hydrogens (tertiary/aromatic N) is 1. The lowest BCUT2D eigenvalue weighted by atomic mass is 10.0. The predicted molar refractivity (Wildman–Crippen MR) is 90.2 cm³/mol. The molecular formula is C18H18ClNO2. The first-order chi connectivity index (χ1) is 10.6. The number of carbonyl (C=O) groups is 1. The van der Waals surface area contributed by atoms with Crippen LogP contribution in [0, 0.1) is 6.92 Å². The molecule has 0 bridgehead atoms. The number of ether oxygens (including phenoxy) is 1. The van der Waals surface area contributed by atoms with E-state index in [1.54, 1.807) is 25.3 Å². The fourth-order valence-electron chi connectivity index (χ4n) is 1.98. The number of carbonyl (C=O) groups excluding carboxylic acids is 1. The smallest absolute Gasteiger partial charge is 0.318 e. The second kappa shape index (κ2) is 7.76. The molecule has 0 aliphatic heterocycles. The summed E-state index contributed by atoms with van der Waals surface area (Å²) in [4.78, 5) is 16.5. The summed E-state index contributed by atoms with van der Waals surface area (Å²) >= 11 is 5.90. The fourth-order valence-corrected chi connectivity index (χ4v) is 2.10. The van der Waals surface area contributed by atoms with Gasteiger partial charge in [0, 0.05) is 11.2 Å². The minimum absolute atomic E-state index is 0.319. The third-order valence-electron chi connectivity index (χ3n) is 3.18. The molecule has 0 fully saturated rings. The van der Waals surface area contributed by atoms with Gasteiger partial charge in [0.15, 0.2) is 0 Å². The van der Waals surface area contributed by atoms with E-state index in [0.717, 1.165) is 11.3 Å². The maximum Gasteiger partial charge on any atom is 0.318 e. The van der Waals surface area contributed by atoms with Gasteiger partial charge in [-0.3, -0.25) is 9.79 Å². The van der Waals surface area contributed by atoms with Gasteiger partial charge in [0.25, 0.3) is 0 Å². The van der Waals surface area contributed by atoms with Crippen LogP contribution in [-0.2, 0) is 9.53 Å². The lowest BCUT2D eigenvalue weighted by Gasteiger charge is -2.11. The third-order valence-corrected chi connectivity index (χ3v) is 3.43. The van der Waals surface area contributed by atoms with Crippen molar-refractivity contribution < 1.29 is 9.53 Å². The second-order valence-electron chi connectivity index (χ2n) is 4.89. The van der Waals surface area contributed by atoms with Crippen LogP contribution in [0.1, 0.15) is 24.0 Å². The highest BCUT2D eigenvalue weighted by atomic mass is 35.5. The Bertz CT molecular complexity index is 648. The number of hydrogen-bond acceptors (Lipinski definition) is 3. The molecular weight excluding hydrogens is 298 g/mol. The minimum Gasteiger partial charge on any atom is -0.465 e. The van der Waals surface area contributed by atoms with Gasteiger partial charge in [-0.15, -0.1) is 0 Å². The first-order valence-electron chi connectivity index (χ1n) is 7.13. The van der Waals surface area contributed by atoms with Crippen LogP contribution in [0.25, 0.3) is 0 Å². The number of esters is 1. The summed E-state index contributed by atoms with van der Waals surface area (Å²) in [5, 5.41) is 0.627. The SMILES string of the molecule is CCOC(=O)C(C=Nc1ccc(C)cc1)c1ccc(Cl)cc1. The van der Waals surface area contributed by atoms with E-state index < -0.39 is 5.92 Å². The van der Waals surface area contributed by atoms with Gasteiger partial charge in [0.05, 0.1) is 12.3 Å². The van der Waals surface area contributed by atoms with E-state index in [4.69, 9.17) is 16.3 Å². The van der Waals surface area contributed by atoms with Crippen molar-refractivity contribution in [1.29, 1.82) is 0 Å². The van der Waals surface area contributed by atoms with Crippen molar-refractivity contribution in [3.05, 3.63) is 64.7 Å². The molecule has 1 unspecified atom stereocenters. The molecule has 22 heavy (non-hydrogen) atoms. The van der Waals surface area contributed by atoms with Gasteiger partial charge >= 0.3 is 5.97 Å². The Balaban J connectivity index is 2.26. The average molecular weight is 316 g/mol. The number of aryl methyl sites for hydroxylation is 1. The minimum atomic E-state index is -0.543. The number of hydrogen-bond donors (Lipinski definition) is 0. The quantitative estimate of drug-likeness (QED) is 0.592. The lowest BCUT2D eigenvalue weighted by Crippen LogP contribution is -2.17. The molecule has 114 valence electrons. The molecule has 0 spiro atoms. The van der Waals surface area contributed by atoms with Gasteiger partial charge in [-0.05, 0) is 43.7 Å². The largest absolute Gasteiger partial charge is 0.465 e. The summed E-state index contributed by atoms with van der Waals surface area (Å²) in [5.74, 6) is -0.862. The van der Waals surface area contributed by atoms with Crippen LogP contribution in [0.15, 0.2) is 53.5 Å². The third kappa shape index (κ3) is 4.43.